The molecule has 5 heteroatoms. The Kier molecular flexibility index (Phi) is 5.26. The Bertz CT molecular complexity index is 467. The lowest BCUT2D eigenvalue weighted by Crippen LogP contribution is -2.48. The predicted octanol–water partition coefficient (Wildman–Crippen LogP) is 2.45. The van der Waals surface area contributed by atoms with Crippen molar-refractivity contribution >= 4 is 17.5 Å². The molecule has 110 valence electrons. The van der Waals surface area contributed by atoms with Crippen LogP contribution in [0.15, 0.2) is 24.3 Å². The molecule has 0 spiro atoms. The summed E-state index contributed by atoms with van der Waals surface area (Å²) in [5, 5.41) is 0.632. The van der Waals surface area contributed by atoms with Crippen LogP contribution in [0.3, 0.4) is 0 Å². The van der Waals surface area contributed by atoms with E-state index in [2.05, 4.69) is 6.92 Å². The smallest absolute Gasteiger partial charge is 0.226 e. The van der Waals surface area contributed by atoms with Crippen molar-refractivity contribution in [2.24, 2.45) is 5.73 Å². The molecule has 1 aromatic rings. The lowest BCUT2D eigenvalue weighted by Gasteiger charge is -2.36. The molecule has 1 amide bonds. The number of carbonyl (C=O) groups is 1. The van der Waals surface area contributed by atoms with Crippen molar-refractivity contribution in [1.29, 1.82) is 0 Å². The first kappa shape index (κ1) is 15.1. The van der Waals surface area contributed by atoms with Crippen molar-refractivity contribution < 1.29 is 9.53 Å². The number of amides is 1. The van der Waals surface area contributed by atoms with E-state index >= 15 is 0 Å². The second-order valence-electron chi connectivity index (χ2n) is 5.28. The first-order valence-corrected chi connectivity index (χ1v) is 7.37. The number of hydrogen-bond acceptors (Lipinski definition) is 3. The molecular weight excluding hydrogens is 276 g/mol. The quantitative estimate of drug-likeness (QED) is 0.928. The van der Waals surface area contributed by atoms with Crippen LogP contribution in [0.5, 0.6) is 5.75 Å². The zero-order valence-corrected chi connectivity index (χ0v) is 12.5. The van der Waals surface area contributed by atoms with Crippen LogP contribution in [0.25, 0.3) is 0 Å². The molecule has 1 fully saturated rings. The van der Waals surface area contributed by atoms with Crippen molar-refractivity contribution in [1.82, 2.24) is 4.90 Å². The summed E-state index contributed by atoms with van der Waals surface area (Å²) < 4.78 is 5.55. The third-order valence-electron chi connectivity index (χ3n) is 3.62. The first-order valence-electron chi connectivity index (χ1n) is 6.99. The van der Waals surface area contributed by atoms with Crippen molar-refractivity contribution in [3.63, 3.8) is 0 Å². The number of rotatable bonds is 4. The van der Waals surface area contributed by atoms with Gasteiger partial charge in [0.2, 0.25) is 5.91 Å². The Hall–Kier alpha value is -1.26. The highest BCUT2D eigenvalue weighted by Crippen LogP contribution is 2.19. The summed E-state index contributed by atoms with van der Waals surface area (Å²) in [7, 11) is 0. The van der Waals surface area contributed by atoms with E-state index in [1.165, 1.54) is 0 Å². The van der Waals surface area contributed by atoms with E-state index < -0.39 is 0 Å². The Morgan fingerprint density at radius 1 is 1.55 bits per heavy atom. The molecule has 4 nitrogen and oxygen atoms in total. The fraction of sp³-hybridized carbons (Fsp3) is 0.533. The van der Waals surface area contributed by atoms with Gasteiger partial charge in [-0.05, 0) is 38.0 Å². The molecule has 0 aliphatic carbocycles. The Balaban J connectivity index is 1.78. The van der Waals surface area contributed by atoms with E-state index in [1.807, 2.05) is 17.0 Å². The van der Waals surface area contributed by atoms with Crippen LogP contribution in [-0.2, 0) is 4.79 Å². The van der Waals surface area contributed by atoms with Crippen LogP contribution in [0.1, 0.15) is 26.2 Å². The summed E-state index contributed by atoms with van der Waals surface area (Å²) in [6.07, 6.45) is 2.14. The van der Waals surface area contributed by atoms with Crippen molar-refractivity contribution in [3.05, 3.63) is 29.3 Å². The van der Waals surface area contributed by atoms with Crippen LogP contribution < -0.4 is 10.5 Å². The molecule has 0 saturated carbocycles. The first-order chi connectivity index (χ1) is 9.56. The third-order valence-corrected chi connectivity index (χ3v) is 3.85. The molecule has 0 bridgehead atoms. The van der Waals surface area contributed by atoms with Gasteiger partial charge in [-0.2, -0.15) is 0 Å². The van der Waals surface area contributed by atoms with Gasteiger partial charge in [-0.15, -0.1) is 0 Å². The number of benzene rings is 1. The lowest BCUT2D eigenvalue weighted by molar-refractivity contribution is -0.135. The summed E-state index contributed by atoms with van der Waals surface area (Å²) >= 11 is 5.87. The Morgan fingerprint density at radius 3 is 3.05 bits per heavy atom. The lowest BCUT2D eigenvalue weighted by atomic mass is 9.99. The van der Waals surface area contributed by atoms with Gasteiger partial charge in [0.05, 0.1) is 13.0 Å². The average Bonchev–Trinajstić information content (AvgIpc) is 2.38. The summed E-state index contributed by atoms with van der Waals surface area (Å²) in [5.74, 6) is 0.824. The largest absolute Gasteiger partial charge is 0.493 e. The molecule has 1 aliphatic heterocycles. The summed E-state index contributed by atoms with van der Waals surface area (Å²) in [6, 6.07) is 7.63. The monoisotopic (exact) mass is 296 g/mol. The minimum atomic E-state index is 0.131. The van der Waals surface area contributed by atoms with E-state index in [4.69, 9.17) is 22.1 Å². The molecule has 2 rings (SSSR count). The average molecular weight is 297 g/mol. The number of halogens is 1. The van der Waals surface area contributed by atoms with Crippen LogP contribution >= 0.6 is 11.6 Å². The van der Waals surface area contributed by atoms with Crippen LogP contribution in [0.2, 0.25) is 5.02 Å². The molecule has 20 heavy (non-hydrogen) atoms. The van der Waals surface area contributed by atoms with Crippen LogP contribution in [-0.4, -0.2) is 36.0 Å². The molecular formula is C15H21ClN2O2. The van der Waals surface area contributed by atoms with E-state index in [9.17, 15) is 4.79 Å². The Labute approximate surface area is 124 Å². The van der Waals surface area contributed by atoms with Gasteiger partial charge in [0.25, 0.3) is 0 Å². The number of likely N-dealkylation sites (tertiary alicyclic amines) is 1. The second kappa shape index (κ2) is 6.95. The maximum absolute atomic E-state index is 12.2. The predicted molar refractivity (Wildman–Crippen MR) is 79.9 cm³/mol. The zero-order chi connectivity index (χ0) is 14.5. The summed E-state index contributed by atoms with van der Waals surface area (Å²) in [5.41, 5.74) is 5.90. The molecule has 1 saturated heterocycles. The van der Waals surface area contributed by atoms with Crippen LogP contribution in [0.4, 0.5) is 0 Å². The zero-order valence-electron chi connectivity index (χ0n) is 11.7. The van der Waals surface area contributed by atoms with Crippen molar-refractivity contribution in [3.8, 4) is 5.75 Å². The maximum atomic E-state index is 12.2. The highest BCUT2D eigenvalue weighted by molar-refractivity contribution is 6.30. The fourth-order valence-electron chi connectivity index (χ4n) is 2.54. The van der Waals surface area contributed by atoms with Gasteiger partial charge in [0.1, 0.15) is 5.75 Å². The van der Waals surface area contributed by atoms with Gasteiger partial charge < -0.3 is 15.4 Å². The second-order valence-corrected chi connectivity index (χ2v) is 5.71. The molecule has 0 unspecified atom stereocenters. The minimum absolute atomic E-state index is 0.131. The highest BCUT2D eigenvalue weighted by Gasteiger charge is 2.26. The molecule has 1 aromatic carbocycles. The van der Waals surface area contributed by atoms with Gasteiger partial charge in [-0.25, -0.2) is 0 Å². The van der Waals surface area contributed by atoms with Crippen molar-refractivity contribution in [2.45, 2.75) is 38.3 Å². The number of piperidine rings is 1. The normalized spacial score (nSPS) is 22.6. The van der Waals surface area contributed by atoms with Gasteiger partial charge >= 0.3 is 0 Å². The molecule has 2 N–H and O–H groups in total. The van der Waals surface area contributed by atoms with Gasteiger partial charge in [-0.3, -0.25) is 4.79 Å². The summed E-state index contributed by atoms with van der Waals surface area (Å²) in [6.45, 7) is 3.17. The number of ether oxygens (including phenoxy) is 1. The molecule has 1 heterocycles. The van der Waals surface area contributed by atoms with Gasteiger partial charge in [0, 0.05) is 23.7 Å². The molecule has 0 radical (unpaired) electrons. The van der Waals surface area contributed by atoms with E-state index in [0.29, 0.717) is 23.8 Å². The SMILES string of the molecule is C[C@@H]1C[C@@H](N)CCN1C(=O)CCOc1cccc(Cl)c1. The van der Waals surface area contributed by atoms with Gasteiger partial charge in [-0.1, -0.05) is 17.7 Å². The fourth-order valence-corrected chi connectivity index (χ4v) is 2.72. The third kappa shape index (κ3) is 4.12. The van der Waals surface area contributed by atoms with E-state index in [1.54, 1.807) is 12.1 Å². The summed E-state index contributed by atoms with van der Waals surface area (Å²) in [4.78, 5) is 14.1. The standard InChI is InChI=1S/C15H21ClN2O2/c1-11-9-13(17)5-7-18(11)15(19)6-8-20-14-4-2-3-12(16)10-14/h2-4,10-11,13H,5-9,17H2,1H3/t11-,13+/m1/s1. The maximum Gasteiger partial charge on any atom is 0.226 e. The van der Waals surface area contributed by atoms with E-state index in [-0.39, 0.29) is 18.0 Å². The minimum Gasteiger partial charge on any atom is -0.493 e. The Morgan fingerprint density at radius 2 is 2.35 bits per heavy atom. The van der Waals surface area contributed by atoms with Crippen LogP contribution in [0, 0.1) is 0 Å². The van der Waals surface area contributed by atoms with Gasteiger partial charge in [0.15, 0.2) is 0 Å². The highest BCUT2D eigenvalue weighted by atomic mass is 35.5. The molecule has 1 aliphatic rings. The molecule has 2 atom stereocenters. The number of nitrogens with two attached hydrogens (primary N) is 1. The van der Waals surface area contributed by atoms with E-state index in [0.717, 1.165) is 19.4 Å². The number of nitrogens with zero attached hydrogens (tertiary/aromatic N) is 1. The number of carbonyl (C=O) groups excluding carboxylic acids is 1. The molecule has 0 aromatic heterocycles. The number of hydrogen-bond donors (Lipinski definition) is 1. The topological polar surface area (TPSA) is 55.6 Å². The van der Waals surface area contributed by atoms with Crippen molar-refractivity contribution in [2.75, 3.05) is 13.2 Å².